The van der Waals surface area contributed by atoms with Crippen molar-refractivity contribution in [3.8, 4) is 5.75 Å². The molecule has 96 valence electrons. The molecule has 0 saturated carbocycles. The Labute approximate surface area is 117 Å². The molecule has 0 amide bonds. The Bertz CT molecular complexity index is 640. The van der Waals surface area contributed by atoms with Crippen LogP contribution in [-0.2, 0) is 0 Å². The first kappa shape index (κ1) is 13.4. The maximum atomic E-state index is 13.4. The average Bonchev–Trinajstić information content (AvgIpc) is 2.41. The Hall–Kier alpha value is -2.01. The van der Waals surface area contributed by atoms with Crippen LogP contribution < -0.4 is 4.74 Å². The second kappa shape index (κ2) is 5.75. The third-order valence-electron chi connectivity index (χ3n) is 2.39. The summed E-state index contributed by atoms with van der Waals surface area (Å²) >= 11 is 3.18. The van der Waals surface area contributed by atoms with Gasteiger partial charge in [-0.15, -0.1) is 0 Å². The molecule has 0 unspecified atom stereocenters. The number of carbonyl (C=O) groups excluding carboxylic acids is 2. The number of aldehydes is 1. The SMILES string of the molecule is O=Cc1ccc(OC(=O)c2ccccc2F)c(Br)c1. The molecular weight excluding hydrogens is 315 g/mol. The fourth-order valence-electron chi connectivity index (χ4n) is 1.45. The zero-order chi connectivity index (χ0) is 13.8. The third-order valence-corrected chi connectivity index (χ3v) is 3.01. The van der Waals surface area contributed by atoms with Crippen molar-refractivity contribution in [3.05, 3.63) is 63.9 Å². The second-order valence-corrected chi connectivity index (χ2v) is 4.53. The molecule has 0 heterocycles. The molecule has 0 N–H and O–H groups in total. The van der Waals surface area contributed by atoms with Crippen molar-refractivity contribution in [2.45, 2.75) is 0 Å². The quantitative estimate of drug-likeness (QED) is 0.492. The standard InChI is InChI=1S/C14H8BrFO3/c15-11-7-9(8-17)5-6-13(11)19-14(18)10-3-1-2-4-12(10)16/h1-8H. The lowest BCUT2D eigenvalue weighted by atomic mass is 10.2. The number of ether oxygens (including phenoxy) is 1. The maximum Gasteiger partial charge on any atom is 0.346 e. The van der Waals surface area contributed by atoms with Crippen LogP contribution in [0.3, 0.4) is 0 Å². The van der Waals surface area contributed by atoms with Crippen molar-refractivity contribution in [2.75, 3.05) is 0 Å². The fraction of sp³-hybridized carbons (Fsp3) is 0. The molecule has 19 heavy (non-hydrogen) atoms. The molecule has 0 aliphatic rings. The molecular formula is C14H8BrFO3. The first-order valence-electron chi connectivity index (χ1n) is 5.33. The molecule has 5 heteroatoms. The first-order chi connectivity index (χ1) is 9.11. The number of rotatable bonds is 3. The lowest BCUT2D eigenvalue weighted by Crippen LogP contribution is -2.10. The smallest absolute Gasteiger partial charge is 0.346 e. The minimum Gasteiger partial charge on any atom is -0.422 e. The van der Waals surface area contributed by atoms with Gasteiger partial charge in [-0.2, -0.15) is 0 Å². The molecule has 2 aromatic carbocycles. The lowest BCUT2D eigenvalue weighted by molar-refractivity contribution is 0.0728. The predicted octanol–water partition coefficient (Wildman–Crippen LogP) is 3.62. The zero-order valence-corrected chi connectivity index (χ0v) is 11.2. The Balaban J connectivity index is 2.24. The normalized spacial score (nSPS) is 10.0. The van der Waals surface area contributed by atoms with E-state index in [0.717, 1.165) is 0 Å². The minimum atomic E-state index is -0.794. The zero-order valence-electron chi connectivity index (χ0n) is 9.60. The third kappa shape index (κ3) is 3.06. The number of benzene rings is 2. The van der Waals surface area contributed by atoms with Crippen LogP contribution in [0.15, 0.2) is 46.9 Å². The van der Waals surface area contributed by atoms with Gasteiger partial charge in [-0.1, -0.05) is 12.1 Å². The van der Waals surface area contributed by atoms with Gasteiger partial charge in [0.15, 0.2) is 0 Å². The van der Waals surface area contributed by atoms with Crippen LogP contribution >= 0.6 is 15.9 Å². The van der Waals surface area contributed by atoms with Crippen LogP contribution in [0.1, 0.15) is 20.7 Å². The van der Waals surface area contributed by atoms with E-state index in [1.165, 1.54) is 36.4 Å². The molecule has 0 spiro atoms. The van der Waals surface area contributed by atoms with Crippen LogP contribution in [0.25, 0.3) is 0 Å². The molecule has 0 bridgehead atoms. The highest BCUT2D eigenvalue weighted by atomic mass is 79.9. The van der Waals surface area contributed by atoms with Crippen molar-refractivity contribution >= 4 is 28.2 Å². The molecule has 2 aromatic rings. The van der Waals surface area contributed by atoms with Gasteiger partial charge in [0, 0.05) is 5.56 Å². The topological polar surface area (TPSA) is 43.4 Å². The summed E-state index contributed by atoms with van der Waals surface area (Å²) in [5.74, 6) is -1.22. The molecule has 0 aromatic heterocycles. The highest BCUT2D eigenvalue weighted by Gasteiger charge is 2.14. The number of hydrogen-bond donors (Lipinski definition) is 0. The highest BCUT2D eigenvalue weighted by molar-refractivity contribution is 9.10. The number of halogens is 2. The molecule has 0 radical (unpaired) electrons. The van der Waals surface area contributed by atoms with Crippen LogP contribution in [0, 0.1) is 5.82 Å². The van der Waals surface area contributed by atoms with Crippen LogP contribution in [0.2, 0.25) is 0 Å². The van der Waals surface area contributed by atoms with Gasteiger partial charge in [-0.05, 0) is 46.3 Å². The monoisotopic (exact) mass is 322 g/mol. The van der Waals surface area contributed by atoms with Crippen molar-refractivity contribution in [2.24, 2.45) is 0 Å². The van der Waals surface area contributed by atoms with Gasteiger partial charge < -0.3 is 4.74 Å². The Morgan fingerprint density at radius 1 is 1.21 bits per heavy atom. The Kier molecular flexibility index (Phi) is 4.06. The van der Waals surface area contributed by atoms with E-state index >= 15 is 0 Å². The van der Waals surface area contributed by atoms with E-state index in [0.29, 0.717) is 16.3 Å². The summed E-state index contributed by atoms with van der Waals surface area (Å²) in [5.41, 5.74) is 0.298. The highest BCUT2D eigenvalue weighted by Crippen LogP contribution is 2.26. The van der Waals surface area contributed by atoms with Gasteiger partial charge in [0.05, 0.1) is 10.0 Å². The van der Waals surface area contributed by atoms with Gasteiger partial charge in [0.2, 0.25) is 0 Å². The van der Waals surface area contributed by atoms with Crippen molar-refractivity contribution in [1.29, 1.82) is 0 Å². The minimum absolute atomic E-state index is 0.145. The van der Waals surface area contributed by atoms with Gasteiger partial charge in [-0.3, -0.25) is 4.79 Å². The van der Waals surface area contributed by atoms with Gasteiger partial charge in [-0.25, -0.2) is 9.18 Å². The van der Waals surface area contributed by atoms with E-state index in [2.05, 4.69) is 15.9 Å². The molecule has 0 saturated heterocycles. The number of carbonyl (C=O) groups is 2. The number of esters is 1. The maximum absolute atomic E-state index is 13.4. The number of hydrogen-bond acceptors (Lipinski definition) is 3. The summed E-state index contributed by atoms with van der Waals surface area (Å²) in [6, 6.07) is 10.0. The van der Waals surface area contributed by atoms with E-state index in [-0.39, 0.29) is 11.3 Å². The lowest BCUT2D eigenvalue weighted by Gasteiger charge is -2.07. The Morgan fingerprint density at radius 3 is 2.58 bits per heavy atom. The largest absolute Gasteiger partial charge is 0.422 e. The molecule has 0 atom stereocenters. The second-order valence-electron chi connectivity index (χ2n) is 3.68. The molecule has 0 aliphatic heterocycles. The molecule has 2 rings (SSSR count). The summed E-state index contributed by atoms with van der Waals surface area (Å²) in [4.78, 5) is 22.4. The first-order valence-corrected chi connectivity index (χ1v) is 6.12. The summed E-state index contributed by atoms with van der Waals surface area (Å²) < 4.78 is 18.9. The molecule has 3 nitrogen and oxygen atoms in total. The van der Waals surface area contributed by atoms with Crippen molar-refractivity contribution in [3.63, 3.8) is 0 Å². The van der Waals surface area contributed by atoms with E-state index in [9.17, 15) is 14.0 Å². The molecule has 0 aliphatic carbocycles. The van der Waals surface area contributed by atoms with E-state index < -0.39 is 11.8 Å². The van der Waals surface area contributed by atoms with Gasteiger partial charge in [0.25, 0.3) is 0 Å². The Morgan fingerprint density at radius 2 is 1.95 bits per heavy atom. The summed E-state index contributed by atoms with van der Waals surface area (Å²) in [7, 11) is 0. The summed E-state index contributed by atoms with van der Waals surface area (Å²) in [6.07, 6.45) is 0.674. The van der Waals surface area contributed by atoms with Crippen LogP contribution in [0.4, 0.5) is 4.39 Å². The van der Waals surface area contributed by atoms with Crippen molar-refractivity contribution in [1.82, 2.24) is 0 Å². The van der Waals surface area contributed by atoms with Crippen LogP contribution in [-0.4, -0.2) is 12.3 Å². The molecule has 0 fully saturated rings. The fourth-order valence-corrected chi connectivity index (χ4v) is 1.93. The van der Waals surface area contributed by atoms with Gasteiger partial charge >= 0.3 is 5.97 Å². The predicted molar refractivity (Wildman–Crippen MR) is 70.9 cm³/mol. The van der Waals surface area contributed by atoms with Crippen LogP contribution in [0.5, 0.6) is 5.75 Å². The summed E-state index contributed by atoms with van der Waals surface area (Å²) in [6.45, 7) is 0. The summed E-state index contributed by atoms with van der Waals surface area (Å²) in [5, 5.41) is 0. The van der Waals surface area contributed by atoms with E-state index in [4.69, 9.17) is 4.74 Å². The average molecular weight is 323 g/mol. The van der Waals surface area contributed by atoms with E-state index in [1.807, 2.05) is 0 Å². The van der Waals surface area contributed by atoms with Crippen molar-refractivity contribution < 1.29 is 18.7 Å². The van der Waals surface area contributed by atoms with Gasteiger partial charge in [0.1, 0.15) is 17.9 Å². The van der Waals surface area contributed by atoms with E-state index in [1.54, 1.807) is 6.07 Å².